The normalized spacial score (nSPS) is 32.4. The Morgan fingerprint density at radius 3 is 2.05 bits per heavy atom. The van der Waals surface area contributed by atoms with Gasteiger partial charge in [-0.2, -0.15) is 0 Å². The summed E-state index contributed by atoms with van der Waals surface area (Å²) < 4.78 is 38.8. The molecule has 15 heteroatoms. The average molecular weight is 623 g/mol. The third kappa shape index (κ3) is 5.87. The third-order valence-electron chi connectivity index (χ3n) is 7.67. The highest BCUT2D eigenvalue weighted by Crippen LogP contribution is 2.38. The van der Waals surface area contributed by atoms with E-state index in [2.05, 4.69) is 0 Å². The first kappa shape index (κ1) is 32.1. The van der Waals surface area contributed by atoms with Gasteiger partial charge in [0.25, 0.3) is 0 Å². The quantitative estimate of drug-likeness (QED) is 0.144. The summed E-state index contributed by atoms with van der Waals surface area (Å²) in [6.45, 7) is -1.46. The van der Waals surface area contributed by atoms with Gasteiger partial charge in [0, 0.05) is 0 Å². The molecular formula is C29H34O15. The monoisotopic (exact) mass is 622 g/mol. The van der Waals surface area contributed by atoms with Crippen LogP contribution in [0.15, 0.2) is 51.9 Å². The van der Waals surface area contributed by atoms with E-state index < -0.39 is 74.6 Å². The second-order valence-electron chi connectivity index (χ2n) is 10.3. The van der Waals surface area contributed by atoms with Crippen LogP contribution in [0, 0.1) is 0 Å². The van der Waals surface area contributed by atoms with Crippen LogP contribution in [-0.2, 0) is 14.2 Å². The first-order valence-corrected chi connectivity index (χ1v) is 13.7. The Balaban J connectivity index is 1.42. The molecule has 2 aliphatic rings. The van der Waals surface area contributed by atoms with Crippen molar-refractivity contribution in [2.75, 3.05) is 27.4 Å². The lowest BCUT2D eigenvalue weighted by Gasteiger charge is -2.45. The summed E-state index contributed by atoms with van der Waals surface area (Å²) in [6, 6.07) is 9.65. The SMILES string of the molecule is COc1ccc(-c2coc3c(OC)c(O[C@@H]4OC(CO)[C@H](O)[C@H](O[C@@H]5OC(CO)[C@@H](O)[C@H](O)C5O)C4O)ccc3c2=O)cc1. The molecule has 44 heavy (non-hydrogen) atoms. The predicted molar refractivity (Wildman–Crippen MR) is 148 cm³/mol. The minimum Gasteiger partial charge on any atom is -0.497 e. The van der Waals surface area contributed by atoms with Crippen LogP contribution in [0.4, 0.5) is 0 Å². The molecule has 0 saturated carbocycles. The molecule has 7 N–H and O–H groups in total. The summed E-state index contributed by atoms with van der Waals surface area (Å²) in [5, 5.41) is 71.9. The van der Waals surface area contributed by atoms with Crippen molar-refractivity contribution in [3.8, 4) is 28.4 Å². The van der Waals surface area contributed by atoms with Gasteiger partial charge in [0.2, 0.25) is 17.5 Å². The zero-order valence-electron chi connectivity index (χ0n) is 23.6. The van der Waals surface area contributed by atoms with Crippen molar-refractivity contribution in [3.63, 3.8) is 0 Å². The van der Waals surface area contributed by atoms with Gasteiger partial charge in [-0.3, -0.25) is 4.79 Å². The van der Waals surface area contributed by atoms with Gasteiger partial charge in [0.1, 0.15) is 60.8 Å². The number of rotatable bonds is 9. The number of hydrogen-bond acceptors (Lipinski definition) is 15. The Morgan fingerprint density at radius 2 is 1.41 bits per heavy atom. The van der Waals surface area contributed by atoms with Gasteiger partial charge in [-0.1, -0.05) is 12.1 Å². The summed E-state index contributed by atoms with van der Waals surface area (Å²) in [6.07, 6.45) is -15.0. The molecule has 0 aliphatic carbocycles. The molecule has 4 unspecified atom stereocenters. The fourth-order valence-electron chi connectivity index (χ4n) is 5.18. The van der Waals surface area contributed by atoms with Crippen LogP contribution in [0.2, 0.25) is 0 Å². The highest BCUT2D eigenvalue weighted by atomic mass is 16.7. The molecule has 2 saturated heterocycles. The molecule has 2 aromatic carbocycles. The van der Waals surface area contributed by atoms with Gasteiger partial charge < -0.3 is 68.6 Å². The molecule has 2 fully saturated rings. The first-order valence-electron chi connectivity index (χ1n) is 13.7. The summed E-state index contributed by atoms with van der Waals surface area (Å²) in [5.74, 6) is 0.560. The Morgan fingerprint density at radius 1 is 0.750 bits per heavy atom. The van der Waals surface area contributed by atoms with Crippen molar-refractivity contribution in [3.05, 3.63) is 52.9 Å². The maximum absolute atomic E-state index is 13.4. The fourth-order valence-corrected chi connectivity index (χ4v) is 5.18. The van der Waals surface area contributed by atoms with Crippen LogP contribution in [0.25, 0.3) is 22.1 Å². The van der Waals surface area contributed by atoms with Crippen molar-refractivity contribution >= 4 is 11.0 Å². The number of aliphatic hydroxyl groups is 7. The second kappa shape index (κ2) is 13.3. The number of hydrogen-bond donors (Lipinski definition) is 7. The van der Waals surface area contributed by atoms with E-state index in [0.29, 0.717) is 11.3 Å². The third-order valence-corrected chi connectivity index (χ3v) is 7.67. The zero-order chi connectivity index (χ0) is 31.7. The van der Waals surface area contributed by atoms with Crippen LogP contribution in [0.5, 0.6) is 17.2 Å². The maximum atomic E-state index is 13.4. The van der Waals surface area contributed by atoms with E-state index in [9.17, 15) is 40.5 Å². The number of fused-ring (bicyclic) bond motifs is 1. The molecule has 3 aromatic rings. The van der Waals surface area contributed by atoms with Crippen LogP contribution >= 0.6 is 0 Å². The Labute approximate surface area is 249 Å². The van der Waals surface area contributed by atoms with Crippen LogP contribution in [0.1, 0.15) is 0 Å². The molecular weight excluding hydrogens is 588 g/mol. The van der Waals surface area contributed by atoms with Crippen molar-refractivity contribution in [1.82, 2.24) is 0 Å². The van der Waals surface area contributed by atoms with Gasteiger partial charge in [-0.05, 0) is 29.8 Å². The molecule has 15 nitrogen and oxygen atoms in total. The van der Waals surface area contributed by atoms with Crippen LogP contribution < -0.4 is 19.6 Å². The number of benzene rings is 2. The molecule has 10 atom stereocenters. The first-order chi connectivity index (χ1) is 21.1. The molecule has 0 amide bonds. The minimum absolute atomic E-state index is 0.0187. The fraction of sp³-hybridized carbons (Fsp3) is 0.483. The molecule has 0 spiro atoms. The lowest BCUT2D eigenvalue weighted by atomic mass is 9.97. The van der Waals surface area contributed by atoms with Crippen molar-refractivity contribution in [2.24, 2.45) is 0 Å². The van der Waals surface area contributed by atoms with E-state index in [1.807, 2.05) is 0 Å². The average Bonchev–Trinajstić information content (AvgIpc) is 3.04. The summed E-state index contributed by atoms with van der Waals surface area (Å²) in [7, 11) is 2.84. The molecule has 240 valence electrons. The van der Waals surface area contributed by atoms with Crippen molar-refractivity contribution in [2.45, 2.75) is 61.4 Å². The van der Waals surface area contributed by atoms with E-state index in [4.69, 9.17) is 32.8 Å². The number of methoxy groups -OCH3 is 2. The Bertz CT molecular complexity index is 1470. The van der Waals surface area contributed by atoms with Crippen LogP contribution in [-0.4, -0.2) is 125 Å². The number of ether oxygens (including phenoxy) is 6. The molecule has 3 heterocycles. The van der Waals surface area contributed by atoms with Gasteiger partial charge in [0.15, 0.2) is 17.6 Å². The predicted octanol–water partition coefficient (Wildman–Crippen LogP) is -1.52. The Hall–Kier alpha value is -3.35. The van der Waals surface area contributed by atoms with Gasteiger partial charge in [0.05, 0.1) is 38.4 Å². The molecule has 0 radical (unpaired) electrons. The molecule has 0 bridgehead atoms. The van der Waals surface area contributed by atoms with Gasteiger partial charge in [-0.15, -0.1) is 0 Å². The van der Waals surface area contributed by atoms with Crippen molar-refractivity contribution in [1.29, 1.82) is 0 Å². The van der Waals surface area contributed by atoms with Gasteiger partial charge in [-0.25, -0.2) is 0 Å². The minimum atomic E-state index is -1.83. The molecule has 2 aliphatic heterocycles. The second-order valence-corrected chi connectivity index (χ2v) is 10.3. The van der Waals surface area contributed by atoms with Crippen LogP contribution in [0.3, 0.4) is 0 Å². The zero-order valence-corrected chi connectivity index (χ0v) is 23.6. The molecule has 5 rings (SSSR count). The lowest BCUT2D eigenvalue weighted by Crippen LogP contribution is -2.65. The van der Waals surface area contributed by atoms with E-state index in [1.165, 1.54) is 32.6 Å². The van der Waals surface area contributed by atoms with Gasteiger partial charge >= 0.3 is 0 Å². The largest absolute Gasteiger partial charge is 0.497 e. The summed E-state index contributed by atoms with van der Waals surface area (Å²) in [5.41, 5.74) is 0.561. The lowest BCUT2D eigenvalue weighted by molar-refractivity contribution is -0.352. The summed E-state index contributed by atoms with van der Waals surface area (Å²) in [4.78, 5) is 13.4. The van der Waals surface area contributed by atoms with Crippen molar-refractivity contribution < 1.29 is 68.6 Å². The Kier molecular flexibility index (Phi) is 9.71. The van der Waals surface area contributed by atoms with E-state index >= 15 is 0 Å². The standard InChI is InChI=1S/C29H34O15/c1-38-13-5-3-12(4-6-13)15-11-40-25-14(19(15)32)7-8-16(26(25)39-2)41-29-24(37)27(21(34)18(10-31)43-29)44-28-23(36)22(35)20(33)17(9-30)42-28/h3-8,11,17-18,20-24,27-31,33-37H,9-10H2,1-2H3/t17?,18?,20-,21+,22+,23?,24?,27+,28+,29-/m1/s1. The topological polar surface area (TPSA) is 227 Å². The maximum Gasteiger partial charge on any atom is 0.229 e. The summed E-state index contributed by atoms with van der Waals surface area (Å²) >= 11 is 0. The number of aliphatic hydroxyl groups excluding tert-OH is 7. The van der Waals surface area contributed by atoms with E-state index in [0.717, 1.165) is 0 Å². The van der Waals surface area contributed by atoms with E-state index in [1.54, 1.807) is 24.3 Å². The van der Waals surface area contributed by atoms with E-state index in [-0.39, 0.29) is 33.5 Å². The highest BCUT2D eigenvalue weighted by molar-refractivity contribution is 5.88. The smallest absolute Gasteiger partial charge is 0.229 e. The highest BCUT2D eigenvalue weighted by Gasteiger charge is 2.51. The molecule has 1 aromatic heterocycles.